The van der Waals surface area contributed by atoms with Gasteiger partial charge in [-0.1, -0.05) is 12.2 Å². The highest BCUT2D eigenvalue weighted by Crippen LogP contribution is 1.58. The van der Waals surface area contributed by atoms with Crippen molar-refractivity contribution in [3.8, 4) is 12.1 Å². The Hall–Kier alpha value is -1.54. The summed E-state index contributed by atoms with van der Waals surface area (Å²) >= 11 is 0. The molecule has 0 spiro atoms. The van der Waals surface area contributed by atoms with Crippen molar-refractivity contribution in [3.63, 3.8) is 0 Å². The summed E-state index contributed by atoms with van der Waals surface area (Å²) in [5, 5.41) is 15.5. The van der Waals surface area contributed by atoms with Crippen LogP contribution in [0, 0.1) is 22.7 Å². The Morgan fingerprint density at radius 1 is 0.900 bits per heavy atom. The van der Waals surface area contributed by atoms with E-state index in [0.717, 1.165) is 0 Å². The fourth-order valence-electron chi connectivity index (χ4n) is 0.149. The lowest BCUT2D eigenvalue weighted by Crippen LogP contribution is -1.35. The highest BCUT2D eigenvalue weighted by Gasteiger charge is 1.46. The van der Waals surface area contributed by atoms with Gasteiger partial charge in [0.2, 0.25) is 0 Å². The van der Waals surface area contributed by atoms with Crippen molar-refractivity contribution in [3.05, 3.63) is 24.3 Å². The van der Waals surface area contributed by atoms with Gasteiger partial charge in [-0.05, 0) is 13.8 Å². The van der Waals surface area contributed by atoms with Crippen molar-refractivity contribution in [2.45, 2.75) is 13.8 Å². The van der Waals surface area contributed by atoms with Gasteiger partial charge in [-0.3, -0.25) is 0 Å². The third kappa shape index (κ3) is 31.8. The highest BCUT2D eigenvalue weighted by molar-refractivity contribution is 4.99. The van der Waals surface area contributed by atoms with Crippen LogP contribution in [0.3, 0.4) is 0 Å². The first-order valence-electron chi connectivity index (χ1n) is 2.85. The Kier molecular flexibility index (Phi) is 17.7. The molecular formula is C8H10N2. The van der Waals surface area contributed by atoms with E-state index in [2.05, 4.69) is 0 Å². The molecule has 0 saturated heterocycles. The predicted octanol–water partition coefficient (Wildman–Crippen LogP) is 2.17. The minimum absolute atomic E-state index is 1.43. The lowest BCUT2D eigenvalue weighted by Gasteiger charge is -1.47. The molecule has 0 atom stereocenters. The monoisotopic (exact) mass is 134 g/mol. The van der Waals surface area contributed by atoms with E-state index in [1.165, 1.54) is 12.2 Å². The minimum Gasteiger partial charge on any atom is -0.193 e. The third-order valence-electron chi connectivity index (χ3n) is 0.482. The zero-order chi connectivity index (χ0) is 8.24. The van der Waals surface area contributed by atoms with E-state index in [9.17, 15) is 0 Å². The summed E-state index contributed by atoms with van der Waals surface area (Å²) in [6.07, 6.45) is 6.25. The SMILES string of the molecule is C/C=C/C#N.CC=CC#N. The molecular weight excluding hydrogens is 124 g/mol. The van der Waals surface area contributed by atoms with Crippen molar-refractivity contribution in [1.82, 2.24) is 0 Å². The second-order valence-electron chi connectivity index (χ2n) is 1.26. The molecule has 0 unspecified atom stereocenters. The number of nitrogens with zero attached hydrogens (tertiary/aromatic N) is 2. The molecule has 0 aromatic rings. The first kappa shape index (κ1) is 11.3. The van der Waals surface area contributed by atoms with Crippen LogP contribution in [0.2, 0.25) is 0 Å². The van der Waals surface area contributed by atoms with Gasteiger partial charge in [0.05, 0.1) is 12.1 Å². The highest BCUT2D eigenvalue weighted by atomic mass is 14.2. The molecule has 0 aromatic heterocycles. The largest absolute Gasteiger partial charge is 0.193 e. The maximum atomic E-state index is 7.73. The number of hydrogen-bond acceptors (Lipinski definition) is 2. The van der Waals surface area contributed by atoms with Crippen LogP contribution in [-0.4, -0.2) is 0 Å². The normalized spacial score (nSPS) is 8.00. The molecule has 10 heavy (non-hydrogen) atoms. The maximum Gasteiger partial charge on any atom is 0.0908 e. The van der Waals surface area contributed by atoms with Gasteiger partial charge in [-0.2, -0.15) is 10.5 Å². The fraction of sp³-hybridized carbons (Fsp3) is 0.250. The first-order chi connectivity index (χ1) is 4.83. The van der Waals surface area contributed by atoms with Gasteiger partial charge in [0.15, 0.2) is 0 Å². The standard InChI is InChI=1S/2C4H5N/c2*1-2-3-4-5/h2*2-3H,1H3/b3-2+;. The van der Waals surface area contributed by atoms with E-state index in [4.69, 9.17) is 10.5 Å². The molecule has 0 bridgehead atoms. The molecule has 0 saturated carbocycles. The van der Waals surface area contributed by atoms with Gasteiger partial charge in [-0.25, -0.2) is 0 Å². The fourth-order valence-corrected chi connectivity index (χ4v) is 0.149. The van der Waals surface area contributed by atoms with Crippen molar-refractivity contribution in [1.29, 1.82) is 10.5 Å². The van der Waals surface area contributed by atoms with E-state index in [0.29, 0.717) is 0 Å². The average molecular weight is 134 g/mol. The first-order valence-corrected chi connectivity index (χ1v) is 2.85. The van der Waals surface area contributed by atoms with Crippen LogP contribution in [0.1, 0.15) is 13.8 Å². The van der Waals surface area contributed by atoms with E-state index < -0.39 is 0 Å². The van der Waals surface area contributed by atoms with Crippen LogP contribution in [-0.2, 0) is 0 Å². The molecule has 0 aromatic carbocycles. The van der Waals surface area contributed by atoms with E-state index in [1.54, 1.807) is 12.2 Å². The third-order valence-corrected chi connectivity index (χ3v) is 0.482. The number of allylic oxidation sites excluding steroid dienone is 4. The Morgan fingerprint density at radius 2 is 1.20 bits per heavy atom. The molecule has 0 aliphatic rings. The summed E-state index contributed by atoms with van der Waals surface area (Å²) in [5.41, 5.74) is 0. The van der Waals surface area contributed by atoms with Crippen LogP contribution in [0.25, 0.3) is 0 Å². The van der Waals surface area contributed by atoms with Crippen LogP contribution < -0.4 is 0 Å². The molecule has 0 amide bonds. The van der Waals surface area contributed by atoms with Crippen LogP contribution >= 0.6 is 0 Å². The molecule has 0 rings (SSSR count). The summed E-state index contributed by atoms with van der Waals surface area (Å²) in [6, 6.07) is 3.67. The second-order valence-corrected chi connectivity index (χ2v) is 1.26. The van der Waals surface area contributed by atoms with E-state index >= 15 is 0 Å². The van der Waals surface area contributed by atoms with Crippen molar-refractivity contribution >= 4 is 0 Å². The summed E-state index contributed by atoms with van der Waals surface area (Å²) in [4.78, 5) is 0. The van der Waals surface area contributed by atoms with Gasteiger partial charge in [-0.15, -0.1) is 0 Å². The van der Waals surface area contributed by atoms with Crippen LogP contribution in [0.5, 0.6) is 0 Å². The Bertz CT molecular complexity index is 154. The maximum absolute atomic E-state index is 7.73. The summed E-state index contributed by atoms with van der Waals surface area (Å²) in [7, 11) is 0. The van der Waals surface area contributed by atoms with Gasteiger partial charge >= 0.3 is 0 Å². The number of rotatable bonds is 0. The Labute approximate surface area is 61.7 Å². The molecule has 2 heteroatoms. The van der Waals surface area contributed by atoms with E-state index in [-0.39, 0.29) is 0 Å². The number of hydrogen-bond donors (Lipinski definition) is 0. The second kappa shape index (κ2) is 15.7. The molecule has 0 radical (unpaired) electrons. The average Bonchev–Trinajstić information content (AvgIpc) is 1.93. The summed E-state index contributed by atoms with van der Waals surface area (Å²) in [6.45, 7) is 3.62. The van der Waals surface area contributed by atoms with Gasteiger partial charge in [0.25, 0.3) is 0 Å². The van der Waals surface area contributed by atoms with Gasteiger partial charge in [0.1, 0.15) is 0 Å². The molecule has 0 fully saturated rings. The van der Waals surface area contributed by atoms with Crippen LogP contribution in [0.4, 0.5) is 0 Å². The topological polar surface area (TPSA) is 47.6 Å². The predicted molar refractivity (Wildman–Crippen MR) is 40.9 cm³/mol. The molecule has 0 aliphatic heterocycles. The van der Waals surface area contributed by atoms with Crippen molar-refractivity contribution in [2.24, 2.45) is 0 Å². The molecule has 52 valence electrons. The van der Waals surface area contributed by atoms with Gasteiger partial charge in [0, 0.05) is 12.2 Å². The lowest BCUT2D eigenvalue weighted by molar-refractivity contribution is 1.53. The van der Waals surface area contributed by atoms with Crippen LogP contribution in [0.15, 0.2) is 24.3 Å². The zero-order valence-electron chi connectivity index (χ0n) is 6.20. The Morgan fingerprint density at radius 3 is 1.20 bits per heavy atom. The van der Waals surface area contributed by atoms with Gasteiger partial charge < -0.3 is 0 Å². The molecule has 2 nitrogen and oxygen atoms in total. The summed E-state index contributed by atoms with van der Waals surface area (Å²) < 4.78 is 0. The Balaban J connectivity index is 0. The lowest BCUT2D eigenvalue weighted by atomic mass is 10.6. The number of nitriles is 2. The van der Waals surface area contributed by atoms with Crippen molar-refractivity contribution in [2.75, 3.05) is 0 Å². The molecule has 0 N–H and O–H groups in total. The molecule has 0 heterocycles. The van der Waals surface area contributed by atoms with E-state index in [1.807, 2.05) is 26.0 Å². The quantitative estimate of drug-likeness (QED) is 0.476. The minimum atomic E-state index is 1.43. The molecule has 0 aliphatic carbocycles. The zero-order valence-corrected chi connectivity index (χ0v) is 6.20. The van der Waals surface area contributed by atoms with Crippen molar-refractivity contribution < 1.29 is 0 Å². The summed E-state index contributed by atoms with van der Waals surface area (Å²) in [5.74, 6) is 0. The smallest absolute Gasteiger partial charge is 0.0908 e.